The number of fused-ring (bicyclic) bond motifs is 1. The average Bonchev–Trinajstić information content (AvgIpc) is 2.27. The Kier molecular flexibility index (Phi) is 2.28. The van der Waals surface area contributed by atoms with Crippen molar-refractivity contribution in [2.24, 2.45) is 0 Å². The minimum atomic E-state index is -1.46. The maximum atomic E-state index is 12.2. The highest BCUT2D eigenvalue weighted by molar-refractivity contribution is 6.36. The van der Waals surface area contributed by atoms with Crippen LogP contribution in [-0.4, -0.2) is 42.5 Å². The van der Waals surface area contributed by atoms with Crippen molar-refractivity contribution >= 4 is 11.4 Å². The van der Waals surface area contributed by atoms with Gasteiger partial charge in [0.1, 0.15) is 0 Å². The fourth-order valence-corrected chi connectivity index (χ4v) is 2.86. The highest BCUT2D eigenvalue weighted by Gasteiger charge is 2.68. The van der Waals surface area contributed by atoms with Gasteiger partial charge in [-0.3, -0.25) is 5.21 Å². The van der Waals surface area contributed by atoms with E-state index in [1.165, 1.54) is 0 Å². The lowest BCUT2D eigenvalue weighted by Gasteiger charge is -2.41. The van der Waals surface area contributed by atoms with Crippen molar-refractivity contribution in [2.45, 2.75) is 57.7 Å². The minimum absolute atomic E-state index is 0.420. The molecule has 0 radical (unpaired) electrons. The van der Waals surface area contributed by atoms with Gasteiger partial charge in [-0.25, -0.2) is 0 Å². The Hall–Kier alpha value is -1.10. The average molecular weight is 227 g/mol. The van der Waals surface area contributed by atoms with Crippen molar-refractivity contribution < 1.29 is 19.8 Å². The van der Waals surface area contributed by atoms with Crippen molar-refractivity contribution in [3.8, 4) is 0 Å². The monoisotopic (exact) mass is 227 g/mol. The Morgan fingerprint density at radius 1 is 1.19 bits per heavy atom. The molecule has 90 valence electrons. The number of rotatable bonds is 0. The summed E-state index contributed by atoms with van der Waals surface area (Å²) in [4.78, 5) is 0. The van der Waals surface area contributed by atoms with E-state index in [4.69, 9.17) is 0 Å². The zero-order chi connectivity index (χ0) is 12.1. The molecular formula is C11H19N2O3+. The molecule has 2 aliphatic rings. The Morgan fingerprint density at radius 2 is 1.75 bits per heavy atom. The Labute approximate surface area is 94.9 Å². The molecule has 2 rings (SSSR count). The first-order valence-electron chi connectivity index (χ1n) is 5.71. The number of aliphatic hydroxyl groups is 1. The van der Waals surface area contributed by atoms with E-state index in [1.54, 1.807) is 20.8 Å². The van der Waals surface area contributed by atoms with Crippen molar-refractivity contribution in [2.75, 3.05) is 0 Å². The van der Waals surface area contributed by atoms with E-state index in [0.717, 1.165) is 22.3 Å². The first-order valence-corrected chi connectivity index (χ1v) is 5.71. The molecule has 0 aromatic rings. The lowest BCUT2D eigenvalue weighted by atomic mass is 9.74. The predicted octanol–water partition coefficient (Wildman–Crippen LogP) is 0.855. The zero-order valence-corrected chi connectivity index (χ0v) is 10.0. The summed E-state index contributed by atoms with van der Waals surface area (Å²) < 4.78 is 1.75. The fraction of sp³-hybridized carbons (Fsp3) is 0.818. The minimum Gasteiger partial charge on any atom is -0.623 e. The van der Waals surface area contributed by atoms with Gasteiger partial charge in [-0.1, -0.05) is 0 Å². The fourth-order valence-electron chi connectivity index (χ4n) is 2.86. The number of hydroxylamine groups is 2. The van der Waals surface area contributed by atoms with E-state index in [9.17, 15) is 15.5 Å². The summed E-state index contributed by atoms with van der Waals surface area (Å²) in [6.45, 7) is 5.04. The standard InChI is InChI=1S/C11H19N2O3/c1-8-9(2)13(16)11(14)7-5-4-6-10(11,3)12(8)15/h14,16H,4-7H2,1-3H3/q+1/t10-,11-/m0/s1. The quantitative estimate of drug-likeness (QED) is 0.366. The highest BCUT2D eigenvalue weighted by atomic mass is 16.5. The summed E-state index contributed by atoms with van der Waals surface area (Å²) in [6.07, 6.45) is 2.74. The SMILES string of the molecule is CC1=[N+](O)[C@]2(O)CCCC[C@]2(C)[N+]([O-])=C1C. The maximum Gasteiger partial charge on any atom is 0.377 e. The lowest BCUT2D eigenvalue weighted by molar-refractivity contribution is -0.891. The molecule has 5 heteroatoms. The van der Waals surface area contributed by atoms with E-state index < -0.39 is 11.3 Å². The molecule has 0 spiro atoms. The van der Waals surface area contributed by atoms with Gasteiger partial charge < -0.3 is 10.3 Å². The van der Waals surface area contributed by atoms with Crippen LogP contribution in [0.4, 0.5) is 0 Å². The van der Waals surface area contributed by atoms with Crippen molar-refractivity contribution in [3.05, 3.63) is 5.21 Å². The Morgan fingerprint density at radius 3 is 2.38 bits per heavy atom. The van der Waals surface area contributed by atoms with Gasteiger partial charge in [0.05, 0.1) is 6.42 Å². The molecule has 0 unspecified atom stereocenters. The van der Waals surface area contributed by atoms with Gasteiger partial charge in [-0.2, -0.15) is 4.74 Å². The van der Waals surface area contributed by atoms with E-state index in [2.05, 4.69) is 0 Å². The van der Waals surface area contributed by atoms with Gasteiger partial charge in [0.25, 0.3) is 17.0 Å². The largest absolute Gasteiger partial charge is 0.623 e. The summed E-state index contributed by atoms with van der Waals surface area (Å²) in [5, 5.41) is 32.8. The van der Waals surface area contributed by atoms with Crippen LogP contribution in [0.5, 0.6) is 0 Å². The molecule has 0 aromatic heterocycles. The molecule has 0 bridgehead atoms. The summed E-state index contributed by atoms with van der Waals surface area (Å²) in [5.74, 6) is 0. The van der Waals surface area contributed by atoms with Crippen LogP contribution in [0.1, 0.15) is 46.5 Å². The summed E-state index contributed by atoms with van der Waals surface area (Å²) >= 11 is 0. The first kappa shape index (κ1) is 11.4. The van der Waals surface area contributed by atoms with Crippen LogP contribution < -0.4 is 0 Å². The second-order valence-corrected chi connectivity index (χ2v) is 5.07. The van der Waals surface area contributed by atoms with Crippen LogP contribution in [-0.2, 0) is 0 Å². The topological polar surface area (TPSA) is 69.5 Å². The van der Waals surface area contributed by atoms with Gasteiger partial charge in [-0.15, -0.1) is 0 Å². The zero-order valence-electron chi connectivity index (χ0n) is 10.0. The summed E-state index contributed by atoms with van der Waals surface area (Å²) in [5.41, 5.74) is -1.52. The van der Waals surface area contributed by atoms with Crippen LogP contribution in [0.25, 0.3) is 0 Å². The van der Waals surface area contributed by atoms with Crippen LogP contribution in [0, 0.1) is 5.21 Å². The number of hydrogen-bond donors (Lipinski definition) is 2. The molecular weight excluding hydrogens is 208 g/mol. The molecule has 0 aromatic carbocycles. The van der Waals surface area contributed by atoms with Gasteiger partial charge in [0.15, 0.2) is 0 Å². The molecule has 1 aliphatic heterocycles. The van der Waals surface area contributed by atoms with Crippen molar-refractivity contribution in [1.82, 2.24) is 0 Å². The third kappa shape index (κ3) is 1.09. The van der Waals surface area contributed by atoms with E-state index in [0.29, 0.717) is 24.3 Å². The highest BCUT2D eigenvalue weighted by Crippen LogP contribution is 2.41. The third-order valence-corrected chi connectivity index (χ3v) is 4.25. The van der Waals surface area contributed by atoms with Gasteiger partial charge in [0, 0.05) is 31.9 Å². The third-order valence-electron chi connectivity index (χ3n) is 4.25. The van der Waals surface area contributed by atoms with Crippen LogP contribution in [0.2, 0.25) is 0 Å². The number of nitrogens with zero attached hydrogens (tertiary/aromatic N) is 2. The van der Waals surface area contributed by atoms with Crippen molar-refractivity contribution in [1.29, 1.82) is 0 Å². The van der Waals surface area contributed by atoms with Crippen LogP contribution in [0.3, 0.4) is 0 Å². The predicted molar refractivity (Wildman–Crippen MR) is 58.9 cm³/mol. The molecule has 2 atom stereocenters. The van der Waals surface area contributed by atoms with Gasteiger partial charge in [-0.05, 0) is 12.8 Å². The molecule has 0 amide bonds. The summed E-state index contributed by atoms with van der Waals surface area (Å²) in [6, 6.07) is 0. The molecule has 1 fully saturated rings. The van der Waals surface area contributed by atoms with Crippen LogP contribution in [0.15, 0.2) is 0 Å². The number of hydrogen-bond acceptors (Lipinski definition) is 3. The van der Waals surface area contributed by atoms with Gasteiger partial charge in [0.2, 0.25) is 0 Å². The van der Waals surface area contributed by atoms with E-state index in [-0.39, 0.29) is 0 Å². The molecule has 1 heterocycles. The lowest BCUT2D eigenvalue weighted by Crippen LogP contribution is -2.69. The van der Waals surface area contributed by atoms with E-state index >= 15 is 0 Å². The molecule has 1 saturated carbocycles. The Bertz CT molecular complexity index is 364. The van der Waals surface area contributed by atoms with Crippen LogP contribution >= 0.6 is 0 Å². The van der Waals surface area contributed by atoms with E-state index in [1.807, 2.05) is 0 Å². The Balaban J connectivity index is 2.65. The van der Waals surface area contributed by atoms with Gasteiger partial charge >= 0.3 is 5.72 Å². The molecule has 0 saturated heterocycles. The normalized spacial score (nSPS) is 40.0. The molecule has 5 nitrogen and oxygen atoms in total. The molecule has 16 heavy (non-hydrogen) atoms. The smallest absolute Gasteiger partial charge is 0.377 e. The summed E-state index contributed by atoms with van der Waals surface area (Å²) in [7, 11) is 0. The second kappa shape index (κ2) is 3.20. The first-order chi connectivity index (χ1) is 7.34. The maximum absolute atomic E-state index is 12.2. The second-order valence-electron chi connectivity index (χ2n) is 5.07. The molecule has 1 aliphatic carbocycles. The van der Waals surface area contributed by atoms with Crippen molar-refractivity contribution in [3.63, 3.8) is 0 Å². The molecule has 2 N–H and O–H groups in total.